The molecule has 0 amide bonds. The lowest BCUT2D eigenvalue weighted by Gasteiger charge is -2.07. The Morgan fingerprint density at radius 2 is 2.07 bits per heavy atom. The third-order valence-corrected chi connectivity index (χ3v) is 1.78. The van der Waals surface area contributed by atoms with E-state index in [9.17, 15) is 13.2 Å². The molecular weight excluding hydrogens is 231 g/mol. The monoisotopic (exact) mass is 239 g/mol. The lowest BCUT2D eigenvalue weighted by Crippen LogP contribution is -2.11. The fourth-order valence-corrected chi connectivity index (χ4v) is 1.08. The molecule has 7 heteroatoms. The molecule has 1 N–H and O–H groups in total. The van der Waals surface area contributed by atoms with Crippen LogP contribution in [-0.2, 0) is 0 Å². The smallest absolute Gasteiger partial charge is 0.370 e. The number of hydrogen-bond donors (Lipinski definition) is 1. The molecule has 1 aromatic rings. The van der Waals surface area contributed by atoms with Gasteiger partial charge in [0.2, 0.25) is 0 Å². The van der Waals surface area contributed by atoms with E-state index in [4.69, 9.17) is 11.6 Å². The number of rotatable bonds is 4. The number of hydrogen-bond acceptors (Lipinski definition) is 3. The Bertz CT molecular complexity index is 316. The summed E-state index contributed by atoms with van der Waals surface area (Å²) in [7, 11) is 0. The summed E-state index contributed by atoms with van der Waals surface area (Å²) in [5.74, 6) is 0.428. The predicted molar refractivity (Wildman–Crippen MR) is 50.8 cm³/mol. The van der Waals surface area contributed by atoms with Crippen molar-refractivity contribution in [3.63, 3.8) is 0 Å². The normalized spacial score (nSPS) is 11.5. The van der Waals surface area contributed by atoms with Crippen LogP contribution in [0, 0.1) is 0 Å². The van der Waals surface area contributed by atoms with Gasteiger partial charge in [0, 0.05) is 19.0 Å². The Kier molecular flexibility index (Phi) is 4.14. The lowest BCUT2D eigenvalue weighted by molar-refractivity contribution is -0.134. The molecule has 1 heterocycles. The van der Waals surface area contributed by atoms with Gasteiger partial charge in [-0.25, -0.2) is 9.97 Å². The quantitative estimate of drug-likeness (QED) is 0.649. The molecule has 0 spiro atoms. The number of nitrogens with zero attached hydrogens (tertiary/aromatic N) is 2. The summed E-state index contributed by atoms with van der Waals surface area (Å²) in [5.41, 5.74) is 0. The van der Waals surface area contributed by atoms with Gasteiger partial charge in [0.15, 0.2) is 0 Å². The summed E-state index contributed by atoms with van der Waals surface area (Å²) in [6.07, 6.45) is -3.66. The predicted octanol–water partition coefficient (Wildman–Crippen LogP) is 2.88. The van der Waals surface area contributed by atoms with Crippen molar-refractivity contribution in [2.75, 3.05) is 11.9 Å². The summed E-state index contributed by atoms with van der Waals surface area (Å²) < 4.78 is 35.3. The van der Waals surface area contributed by atoms with Gasteiger partial charge in [-0.2, -0.15) is 13.2 Å². The van der Waals surface area contributed by atoms with Crippen LogP contribution in [0.1, 0.15) is 12.8 Å². The Labute approximate surface area is 89.7 Å². The molecule has 1 rings (SSSR count). The minimum atomic E-state index is -4.11. The highest BCUT2D eigenvalue weighted by molar-refractivity contribution is 6.29. The summed E-state index contributed by atoms with van der Waals surface area (Å²) >= 11 is 5.56. The molecule has 15 heavy (non-hydrogen) atoms. The molecular formula is C8H9ClF3N3. The Morgan fingerprint density at radius 3 is 2.67 bits per heavy atom. The minimum absolute atomic E-state index is 0.00508. The number of anilines is 1. The van der Waals surface area contributed by atoms with E-state index in [0.29, 0.717) is 5.82 Å². The fourth-order valence-electron chi connectivity index (χ4n) is 0.936. The van der Waals surface area contributed by atoms with Crippen molar-refractivity contribution in [3.05, 3.63) is 17.5 Å². The van der Waals surface area contributed by atoms with Gasteiger partial charge in [0.1, 0.15) is 17.3 Å². The molecule has 0 atom stereocenters. The lowest BCUT2D eigenvalue weighted by atomic mass is 10.3. The number of aromatic nitrogens is 2. The highest BCUT2D eigenvalue weighted by Crippen LogP contribution is 2.21. The molecule has 0 aliphatic rings. The SMILES string of the molecule is FC(F)(F)CCCNc1cc(Cl)ncn1. The maximum atomic E-state index is 11.8. The van der Waals surface area contributed by atoms with Gasteiger partial charge in [-0.1, -0.05) is 11.6 Å². The van der Waals surface area contributed by atoms with E-state index in [1.807, 2.05) is 0 Å². The van der Waals surface area contributed by atoms with E-state index in [2.05, 4.69) is 15.3 Å². The molecule has 0 radical (unpaired) electrons. The first-order chi connectivity index (χ1) is 6.97. The van der Waals surface area contributed by atoms with Gasteiger partial charge in [-0.05, 0) is 6.42 Å². The van der Waals surface area contributed by atoms with Crippen molar-refractivity contribution in [2.45, 2.75) is 19.0 Å². The largest absolute Gasteiger partial charge is 0.389 e. The van der Waals surface area contributed by atoms with Crippen LogP contribution < -0.4 is 5.32 Å². The average molecular weight is 240 g/mol. The van der Waals surface area contributed by atoms with Crippen LogP contribution in [0.2, 0.25) is 5.15 Å². The first-order valence-corrected chi connectivity index (χ1v) is 4.63. The molecule has 84 valence electrons. The van der Waals surface area contributed by atoms with Gasteiger partial charge < -0.3 is 5.32 Å². The number of nitrogens with one attached hydrogen (secondary N) is 1. The van der Waals surface area contributed by atoms with Crippen LogP contribution in [0.4, 0.5) is 19.0 Å². The summed E-state index contributed by atoms with van der Waals surface area (Å²) in [4.78, 5) is 7.43. The van der Waals surface area contributed by atoms with E-state index in [1.165, 1.54) is 12.4 Å². The van der Waals surface area contributed by atoms with Crippen LogP contribution >= 0.6 is 11.6 Å². The highest BCUT2D eigenvalue weighted by atomic mass is 35.5. The maximum Gasteiger partial charge on any atom is 0.389 e. The van der Waals surface area contributed by atoms with Crippen molar-refractivity contribution < 1.29 is 13.2 Å². The van der Waals surface area contributed by atoms with E-state index in [1.54, 1.807) is 0 Å². The van der Waals surface area contributed by atoms with Crippen LogP contribution in [-0.4, -0.2) is 22.7 Å². The zero-order valence-electron chi connectivity index (χ0n) is 7.68. The van der Waals surface area contributed by atoms with Crippen LogP contribution in [0.3, 0.4) is 0 Å². The first kappa shape index (κ1) is 12.0. The molecule has 3 nitrogen and oxygen atoms in total. The van der Waals surface area contributed by atoms with Gasteiger partial charge in [-0.3, -0.25) is 0 Å². The Balaban J connectivity index is 2.26. The van der Waals surface area contributed by atoms with Crippen LogP contribution in [0.5, 0.6) is 0 Å². The molecule has 0 unspecified atom stereocenters. The second-order valence-electron chi connectivity index (χ2n) is 2.87. The third-order valence-electron chi connectivity index (χ3n) is 1.58. The van der Waals surface area contributed by atoms with Crippen molar-refractivity contribution in [1.29, 1.82) is 0 Å². The minimum Gasteiger partial charge on any atom is -0.370 e. The summed E-state index contributed by atoms with van der Waals surface area (Å²) in [5, 5.41) is 2.98. The number of halogens is 4. The Hall–Kier alpha value is -1.04. The van der Waals surface area contributed by atoms with E-state index in [-0.39, 0.29) is 18.1 Å². The maximum absolute atomic E-state index is 11.8. The molecule has 0 bridgehead atoms. The van der Waals surface area contributed by atoms with Crippen LogP contribution in [0.15, 0.2) is 12.4 Å². The highest BCUT2D eigenvalue weighted by Gasteiger charge is 2.25. The van der Waals surface area contributed by atoms with Crippen molar-refractivity contribution >= 4 is 17.4 Å². The molecule has 1 aromatic heterocycles. The summed E-state index contributed by atoms with van der Waals surface area (Å²) in [6.45, 7) is 0.201. The van der Waals surface area contributed by atoms with Crippen molar-refractivity contribution in [2.24, 2.45) is 0 Å². The van der Waals surface area contributed by atoms with Gasteiger partial charge in [0.05, 0.1) is 0 Å². The number of alkyl halides is 3. The van der Waals surface area contributed by atoms with Crippen molar-refractivity contribution in [1.82, 2.24) is 9.97 Å². The van der Waals surface area contributed by atoms with Gasteiger partial charge >= 0.3 is 6.18 Å². The molecule has 0 saturated heterocycles. The second kappa shape index (κ2) is 5.16. The van der Waals surface area contributed by atoms with Crippen LogP contribution in [0.25, 0.3) is 0 Å². The molecule has 0 fully saturated rings. The van der Waals surface area contributed by atoms with E-state index >= 15 is 0 Å². The zero-order chi connectivity index (χ0) is 11.3. The molecule has 0 aliphatic carbocycles. The summed E-state index contributed by atoms with van der Waals surface area (Å²) in [6, 6.07) is 1.45. The zero-order valence-corrected chi connectivity index (χ0v) is 8.44. The van der Waals surface area contributed by atoms with E-state index in [0.717, 1.165) is 0 Å². The topological polar surface area (TPSA) is 37.8 Å². The molecule has 0 aliphatic heterocycles. The molecule has 0 aromatic carbocycles. The fraction of sp³-hybridized carbons (Fsp3) is 0.500. The Morgan fingerprint density at radius 1 is 1.33 bits per heavy atom. The molecule has 0 saturated carbocycles. The standard InChI is InChI=1S/C8H9ClF3N3/c9-6-4-7(15-5-14-6)13-3-1-2-8(10,11)12/h4-5H,1-3H2,(H,13,14,15). The first-order valence-electron chi connectivity index (χ1n) is 4.25. The van der Waals surface area contributed by atoms with Gasteiger partial charge in [0.25, 0.3) is 0 Å². The third kappa shape index (κ3) is 5.41. The van der Waals surface area contributed by atoms with E-state index < -0.39 is 12.6 Å². The van der Waals surface area contributed by atoms with Gasteiger partial charge in [-0.15, -0.1) is 0 Å². The average Bonchev–Trinajstić information content (AvgIpc) is 2.11. The van der Waals surface area contributed by atoms with Crippen molar-refractivity contribution in [3.8, 4) is 0 Å². The second-order valence-corrected chi connectivity index (χ2v) is 3.26.